The molecular weight excluding hydrogens is 218 g/mol. The molecule has 0 saturated heterocycles. The van der Waals surface area contributed by atoms with E-state index >= 15 is 0 Å². The molecule has 2 rings (SSSR count). The van der Waals surface area contributed by atoms with E-state index in [1.54, 1.807) is 16.9 Å². The van der Waals surface area contributed by atoms with Crippen molar-refractivity contribution in [1.82, 2.24) is 9.78 Å². The van der Waals surface area contributed by atoms with Crippen LogP contribution in [0.1, 0.15) is 16.1 Å². The van der Waals surface area contributed by atoms with Gasteiger partial charge in [-0.25, -0.2) is 9.48 Å². The molecule has 1 heterocycles. The van der Waals surface area contributed by atoms with Crippen LogP contribution in [0.3, 0.4) is 0 Å². The highest BCUT2D eigenvalue weighted by Gasteiger charge is 2.09. The number of methoxy groups -OCH3 is 1. The zero-order valence-electron chi connectivity index (χ0n) is 9.46. The lowest BCUT2D eigenvalue weighted by Crippen LogP contribution is -2.04. The number of carbonyl (C=O) groups is 1. The number of carbonyl (C=O) groups excluding carboxylic acids is 1. The minimum atomic E-state index is -0.446. The van der Waals surface area contributed by atoms with E-state index in [0.29, 0.717) is 6.54 Å². The van der Waals surface area contributed by atoms with E-state index in [0.717, 1.165) is 11.3 Å². The number of nitrogens with zero attached hydrogens (tertiary/aromatic N) is 2. The quantitative estimate of drug-likeness (QED) is 0.803. The molecule has 5 nitrogen and oxygen atoms in total. The summed E-state index contributed by atoms with van der Waals surface area (Å²) in [6.07, 6.45) is 1.71. The maximum absolute atomic E-state index is 11.3. The number of benzene rings is 1. The lowest BCUT2D eigenvalue weighted by atomic mass is 10.2. The number of nitrogens with two attached hydrogens (primary N) is 1. The summed E-state index contributed by atoms with van der Waals surface area (Å²) in [5.74, 6) is -0.446. The Labute approximate surface area is 98.8 Å². The van der Waals surface area contributed by atoms with Gasteiger partial charge in [-0.05, 0) is 23.8 Å². The van der Waals surface area contributed by atoms with E-state index in [4.69, 9.17) is 5.73 Å². The minimum Gasteiger partial charge on any atom is -0.464 e. The van der Waals surface area contributed by atoms with Gasteiger partial charge in [0.25, 0.3) is 0 Å². The molecule has 88 valence electrons. The second-order valence-electron chi connectivity index (χ2n) is 3.51. The maximum Gasteiger partial charge on any atom is 0.358 e. The summed E-state index contributed by atoms with van der Waals surface area (Å²) in [5.41, 5.74) is 7.73. The fourth-order valence-corrected chi connectivity index (χ4v) is 1.51. The van der Waals surface area contributed by atoms with Crippen LogP contribution in [0.5, 0.6) is 0 Å². The number of ether oxygens (including phenoxy) is 1. The van der Waals surface area contributed by atoms with E-state index in [1.807, 2.05) is 24.3 Å². The fourth-order valence-electron chi connectivity index (χ4n) is 1.51. The Bertz CT molecular complexity index is 534. The van der Waals surface area contributed by atoms with Crippen molar-refractivity contribution in [2.75, 3.05) is 7.11 Å². The van der Waals surface area contributed by atoms with Crippen molar-refractivity contribution in [3.8, 4) is 5.69 Å². The van der Waals surface area contributed by atoms with E-state index in [9.17, 15) is 4.79 Å². The topological polar surface area (TPSA) is 70.1 Å². The summed E-state index contributed by atoms with van der Waals surface area (Å²) < 4.78 is 6.21. The molecule has 0 atom stereocenters. The Morgan fingerprint density at radius 2 is 2.29 bits per heavy atom. The molecule has 17 heavy (non-hydrogen) atoms. The van der Waals surface area contributed by atoms with Crippen LogP contribution in [-0.2, 0) is 11.3 Å². The zero-order chi connectivity index (χ0) is 12.3. The molecule has 0 fully saturated rings. The molecule has 1 aromatic heterocycles. The molecule has 0 unspecified atom stereocenters. The number of rotatable bonds is 3. The molecule has 0 aliphatic rings. The fraction of sp³-hybridized carbons (Fsp3) is 0.167. The van der Waals surface area contributed by atoms with Gasteiger partial charge in [0, 0.05) is 12.7 Å². The largest absolute Gasteiger partial charge is 0.464 e. The smallest absolute Gasteiger partial charge is 0.358 e. The summed E-state index contributed by atoms with van der Waals surface area (Å²) in [7, 11) is 1.33. The highest BCUT2D eigenvalue weighted by Crippen LogP contribution is 2.10. The summed E-state index contributed by atoms with van der Waals surface area (Å²) in [5, 5.41) is 4.13. The summed E-state index contributed by atoms with van der Waals surface area (Å²) in [4.78, 5) is 11.3. The Morgan fingerprint density at radius 3 is 3.00 bits per heavy atom. The van der Waals surface area contributed by atoms with Crippen LogP contribution in [0, 0.1) is 0 Å². The highest BCUT2D eigenvalue weighted by molar-refractivity contribution is 5.86. The molecule has 0 aliphatic carbocycles. The molecule has 0 aliphatic heterocycles. The zero-order valence-corrected chi connectivity index (χ0v) is 9.46. The molecule has 2 N–H and O–H groups in total. The Kier molecular flexibility index (Phi) is 3.20. The third-order valence-electron chi connectivity index (χ3n) is 2.39. The molecule has 0 amide bonds. The van der Waals surface area contributed by atoms with Gasteiger partial charge >= 0.3 is 5.97 Å². The maximum atomic E-state index is 11.3. The van der Waals surface area contributed by atoms with Crippen molar-refractivity contribution in [3.05, 3.63) is 47.8 Å². The van der Waals surface area contributed by atoms with Crippen LogP contribution < -0.4 is 5.73 Å². The van der Waals surface area contributed by atoms with Gasteiger partial charge in [0.1, 0.15) is 0 Å². The Balaban J connectivity index is 2.33. The first-order chi connectivity index (χ1) is 8.24. The second-order valence-corrected chi connectivity index (χ2v) is 3.51. The van der Waals surface area contributed by atoms with Gasteiger partial charge in [-0.2, -0.15) is 5.10 Å². The normalized spacial score (nSPS) is 10.2. The monoisotopic (exact) mass is 231 g/mol. The molecule has 0 spiro atoms. The van der Waals surface area contributed by atoms with Crippen LogP contribution in [-0.4, -0.2) is 22.9 Å². The molecule has 1 aromatic carbocycles. The van der Waals surface area contributed by atoms with E-state index in [2.05, 4.69) is 9.84 Å². The minimum absolute atomic E-state index is 0.283. The van der Waals surface area contributed by atoms with Gasteiger partial charge in [-0.1, -0.05) is 12.1 Å². The van der Waals surface area contributed by atoms with Gasteiger partial charge in [-0.15, -0.1) is 0 Å². The third kappa shape index (κ3) is 2.34. The lowest BCUT2D eigenvalue weighted by molar-refractivity contribution is 0.0593. The molecule has 0 radical (unpaired) electrons. The summed E-state index contributed by atoms with van der Waals surface area (Å²) in [6, 6.07) is 9.27. The average molecular weight is 231 g/mol. The van der Waals surface area contributed by atoms with Crippen molar-refractivity contribution in [1.29, 1.82) is 0 Å². The third-order valence-corrected chi connectivity index (χ3v) is 2.39. The predicted octanol–water partition coefficient (Wildman–Crippen LogP) is 1.12. The van der Waals surface area contributed by atoms with Crippen LogP contribution >= 0.6 is 0 Å². The predicted molar refractivity (Wildman–Crippen MR) is 62.8 cm³/mol. The van der Waals surface area contributed by atoms with Gasteiger partial charge in [0.15, 0.2) is 5.69 Å². The molecule has 5 heteroatoms. The summed E-state index contributed by atoms with van der Waals surface area (Å²) in [6.45, 7) is 0.471. The van der Waals surface area contributed by atoms with Crippen molar-refractivity contribution >= 4 is 5.97 Å². The first-order valence-electron chi connectivity index (χ1n) is 5.18. The van der Waals surface area contributed by atoms with Crippen molar-refractivity contribution in [2.24, 2.45) is 5.73 Å². The van der Waals surface area contributed by atoms with E-state index in [-0.39, 0.29) is 5.69 Å². The first kappa shape index (κ1) is 11.3. The second kappa shape index (κ2) is 4.80. The lowest BCUT2D eigenvalue weighted by Gasteiger charge is -2.03. The summed E-state index contributed by atoms with van der Waals surface area (Å²) >= 11 is 0. The van der Waals surface area contributed by atoms with Crippen molar-refractivity contribution < 1.29 is 9.53 Å². The van der Waals surface area contributed by atoms with Crippen molar-refractivity contribution in [3.63, 3.8) is 0 Å². The number of esters is 1. The molecule has 2 aromatic rings. The Morgan fingerprint density at radius 1 is 1.47 bits per heavy atom. The van der Waals surface area contributed by atoms with Crippen molar-refractivity contribution in [2.45, 2.75) is 6.54 Å². The van der Waals surface area contributed by atoms with Gasteiger partial charge in [-0.3, -0.25) is 0 Å². The Hall–Kier alpha value is -2.14. The van der Waals surface area contributed by atoms with Crippen LogP contribution in [0.4, 0.5) is 0 Å². The number of aromatic nitrogens is 2. The molecule has 0 bridgehead atoms. The van der Waals surface area contributed by atoms with Crippen LogP contribution in [0.15, 0.2) is 36.5 Å². The SMILES string of the molecule is COC(=O)c1ccn(-c2cccc(CN)c2)n1. The van der Waals surface area contributed by atoms with Gasteiger partial charge in [0.05, 0.1) is 12.8 Å². The number of hydrogen-bond donors (Lipinski definition) is 1. The molecular formula is C12H13N3O2. The molecule has 0 saturated carbocycles. The van der Waals surface area contributed by atoms with Gasteiger partial charge in [0.2, 0.25) is 0 Å². The number of hydrogen-bond acceptors (Lipinski definition) is 4. The highest BCUT2D eigenvalue weighted by atomic mass is 16.5. The first-order valence-corrected chi connectivity index (χ1v) is 5.18. The van der Waals surface area contributed by atoms with Crippen LogP contribution in [0.25, 0.3) is 5.69 Å². The van der Waals surface area contributed by atoms with Crippen LogP contribution in [0.2, 0.25) is 0 Å². The van der Waals surface area contributed by atoms with Gasteiger partial charge < -0.3 is 10.5 Å². The standard InChI is InChI=1S/C12H13N3O2/c1-17-12(16)11-5-6-15(14-11)10-4-2-3-9(7-10)8-13/h2-7H,8,13H2,1H3. The average Bonchev–Trinajstić information content (AvgIpc) is 2.87. The van der Waals surface area contributed by atoms with E-state index in [1.165, 1.54) is 7.11 Å². The van der Waals surface area contributed by atoms with E-state index < -0.39 is 5.97 Å².